The number of carbonyl (C=O) groups is 1. The maximum Gasteiger partial charge on any atom is 0.256 e. The van der Waals surface area contributed by atoms with Crippen LogP contribution in [0.15, 0.2) is 18.2 Å². The van der Waals surface area contributed by atoms with Gasteiger partial charge in [-0.15, -0.1) is 0 Å². The third kappa shape index (κ3) is 3.02. The Morgan fingerprint density at radius 1 is 1.32 bits per heavy atom. The van der Waals surface area contributed by atoms with Crippen LogP contribution in [0, 0.1) is 5.82 Å². The third-order valence-corrected chi connectivity index (χ3v) is 3.36. The van der Waals surface area contributed by atoms with Crippen molar-refractivity contribution in [1.82, 2.24) is 9.80 Å². The molecule has 0 bridgehead atoms. The minimum atomic E-state index is -0.565. The zero-order valence-electron chi connectivity index (χ0n) is 10.7. The average molecular weight is 267 g/mol. The number of benzene rings is 1. The van der Waals surface area contributed by atoms with Gasteiger partial charge < -0.3 is 15.7 Å². The Hall–Kier alpha value is -1.66. The molecule has 5 nitrogen and oxygen atoms in total. The van der Waals surface area contributed by atoms with Crippen LogP contribution in [-0.2, 0) is 0 Å². The van der Waals surface area contributed by atoms with Crippen molar-refractivity contribution in [2.45, 2.75) is 0 Å². The summed E-state index contributed by atoms with van der Waals surface area (Å²) in [6, 6.07) is 4.27. The molecule has 0 saturated carbocycles. The van der Waals surface area contributed by atoms with Crippen molar-refractivity contribution >= 4 is 11.6 Å². The van der Waals surface area contributed by atoms with Crippen molar-refractivity contribution < 1.29 is 14.3 Å². The minimum Gasteiger partial charge on any atom is -0.396 e. The van der Waals surface area contributed by atoms with E-state index in [-0.39, 0.29) is 23.8 Å². The summed E-state index contributed by atoms with van der Waals surface area (Å²) in [4.78, 5) is 16.0. The number of anilines is 1. The second-order valence-electron chi connectivity index (χ2n) is 4.56. The van der Waals surface area contributed by atoms with Gasteiger partial charge in [-0.05, 0) is 12.1 Å². The highest BCUT2D eigenvalue weighted by Crippen LogP contribution is 2.18. The van der Waals surface area contributed by atoms with Crippen molar-refractivity contribution in [1.29, 1.82) is 0 Å². The highest BCUT2D eigenvalue weighted by Gasteiger charge is 2.23. The summed E-state index contributed by atoms with van der Waals surface area (Å²) in [5.74, 6) is -0.801. The van der Waals surface area contributed by atoms with Crippen LogP contribution in [0.1, 0.15) is 10.4 Å². The summed E-state index contributed by atoms with van der Waals surface area (Å²) in [5.41, 5.74) is 5.73. The van der Waals surface area contributed by atoms with Crippen LogP contribution in [0.25, 0.3) is 0 Å². The van der Waals surface area contributed by atoms with Crippen molar-refractivity contribution in [3.8, 4) is 0 Å². The van der Waals surface area contributed by atoms with Crippen molar-refractivity contribution in [3.63, 3.8) is 0 Å². The number of rotatable bonds is 3. The smallest absolute Gasteiger partial charge is 0.256 e. The van der Waals surface area contributed by atoms with E-state index in [4.69, 9.17) is 10.8 Å². The molecule has 0 aliphatic carbocycles. The molecule has 0 atom stereocenters. The van der Waals surface area contributed by atoms with E-state index in [0.29, 0.717) is 32.7 Å². The molecule has 0 unspecified atom stereocenters. The van der Waals surface area contributed by atoms with Gasteiger partial charge >= 0.3 is 0 Å². The molecule has 1 saturated heterocycles. The predicted molar refractivity (Wildman–Crippen MR) is 70.2 cm³/mol. The molecule has 1 amide bonds. The standard InChI is InChI=1S/C13H18FN3O2/c14-11-3-1-2-10(12(11)15)13(19)17-6-4-16(5-7-17)8-9-18/h1-3,18H,4-9,15H2. The molecule has 0 aromatic heterocycles. The van der Waals surface area contributed by atoms with Gasteiger partial charge in [0, 0.05) is 32.7 Å². The summed E-state index contributed by atoms with van der Waals surface area (Å²) in [6.07, 6.45) is 0. The van der Waals surface area contributed by atoms with Crippen LogP contribution in [0.5, 0.6) is 0 Å². The Bertz CT molecular complexity index is 459. The molecule has 2 rings (SSSR count). The van der Waals surface area contributed by atoms with Gasteiger partial charge in [-0.3, -0.25) is 9.69 Å². The van der Waals surface area contributed by atoms with Crippen LogP contribution in [0.3, 0.4) is 0 Å². The second kappa shape index (κ2) is 5.99. The van der Waals surface area contributed by atoms with Crippen LogP contribution in [0.4, 0.5) is 10.1 Å². The van der Waals surface area contributed by atoms with Crippen LogP contribution >= 0.6 is 0 Å². The Labute approximate surface area is 111 Å². The van der Waals surface area contributed by atoms with Crippen LogP contribution < -0.4 is 5.73 Å². The lowest BCUT2D eigenvalue weighted by molar-refractivity contribution is 0.0615. The van der Waals surface area contributed by atoms with E-state index in [1.165, 1.54) is 12.1 Å². The number of nitrogens with two attached hydrogens (primary N) is 1. The number of amides is 1. The van der Waals surface area contributed by atoms with Gasteiger partial charge in [-0.2, -0.15) is 0 Å². The second-order valence-corrected chi connectivity index (χ2v) is 4.56. The number of halogens is 1. The third-order valence-electron chi connectivity index (χ3n) is 3.36. The highest BCUT2D eigenvalue weighted by molar-refractivity contribution is 5.99. The first kappa shape index (κ1) is 13.8. The summed E-state index contributed by atoms with van der Waals surface area (Å²) in [7, 11) is 0. The first-order valence-corrected chi connectivity index (χ1v) is 6.30. The molecule has 1 aromatic rings. The van der Waals surface area contributed by atoms with Gasteiger partial charge in [0.2, 0.25) is 0 Å². The van der Waals surface area contributed by atoms with E-state index in [1.807, 2.05) is 0 Å². The van der Waals surface area contributed by atoms with E-state index in [9.17, 15) is 9.18 Å². The first-order chi connectivity index (χ1) is 9.13. The monoisotopic (exact) mass is 267 g/mol. The quantitative estimate of drug-likeness (QED) is 0.765. The first-order valence-electron chi connectivity index (χ1n) is 6.30. The topological polar surface area (TPSA) is 69.8 Å². The van der Waals surface area contributed by atoms with Gasteiger partial charge in [0.15, 0.2) is 0 Å². The summed E-state index contributed by atoms with van der Waals surface area (Å²) in [5, 5.41) is 8.86. The van der Waals surface area contributed by atoms with E-state index < -0.39 is 5.82 Å². The lowest BCUT2D eigenvalue weighted by Crippen LogP contribution is -2.49. The van der Waals surface area contributed by atoms with E-state index in [2.05, 4.69) is 4.90 Å². The van der Waals surface area contributed by atoms with Gasteiger partial charge in [0.25, 0.3) is 5.91 Å². The highest BCUT2D eigenvalue weighted by atomic mass is 19.1. The lowest BCUT2D eigenvalue weighted by atomic mass is 10.1. The van der Waals surface area contributed by atoms with E-state index >= 15 is 0 Å². The fourth-order valence-electron chi connectivity index (χ4n) is 2.21. The van der Waals surface area contributed by atoms with Gasteiger partial charge in [0.1, 0.15) is 5.82 Å². The molecule has 19 heavy (non-hydrogen) atoms. The summed E-state index contributed by atoms with van der Waals surface area (Å²) in [6.45, 7) is 3.28. The molecule has 1 aliphatic heterocycles. The van der Waals surface area contributed by atoms with Gasteiger partial charge in [-0.25, -0.2) is 4.39 Å². The molecular weight excluding hydrogens is 249 g/mol. The number of β-amino-alcohol motifs (C(OH)–C–C–N with tert-alkyl or cyclic N) is 1. The zero-order chi connectivity index (χ0) is 13.8. The largest absolute Gasteiger partial charge is 0.396 e. The van der Waals surface area contributed by atoms with Crippen molar-refractivity contribution in [2.75, 3.05) is 45.1 Å². The van der Waals surface area contributed by atoms with Gasteiger partial charge in [0.05, 0.1) is 17.9 Å². The zero-order valence-corrected chi connectivity index (χ0v) is 10.7. The van der Waals surface area contributed by atoms with Crippen molar-refractivity contribution in [3.05, 3.63) is 29.6 Å². The average Bonchev–Trinajstić information content (AvgIpc) is 2.42. The molecule has 3 N–H and O–H groups in total. The Morgan fingerprint density at radius 3 is 2.63 bits per heavy atom. The lowest BCUT2D eigenvalue weighted by Gasteiger charge is -2.34. The van der Waals surface area contributed by atoms with E-state index in [0.717, 1.165) is 0 Å². The number of nitrogen functional groups attached to an aromatic ring is 1. The maximum absolute atomic E-state index is 13.3. The van der Waals surface area contributed by atoms with Crippen molar-refractivity contribution in [2.24, 2.45) is 0 Å². The number of nitrogens with zero attached hydrogens (tertiary/aromatic N) is 2. The molecule has 104 valence electrons. The number of carbonyl (C=O) groups excluding carboxylic acids is 1. The number of hydrogen-bond donors (Lipinski definition) is 2. The predicted octanol–water partition coefficient (Wildman–Crippen LogP) is 0.158. The fraction of sp³-hybridized carbons (Fsp3) is 0.462. The number of aliphatic hydroxyl groups excluding tert-OH is 1. The Morgan fingerprint density at radius 2 is 2.00 bits per heavy atom. The molecular formula is C13H18FN3O2. The van der Waals surface area contributed by atoms with E-state index in [1.54, 1.807) is 11.0 Å². The Balaban J connectivity index is 2.03. The maximum atomic E-state index is 13.3. The molecule has 1 heterocycles. The Kier molecular flexibility index (Phi) is 4.34. The molecule has 1 fully saturated rings. The van der Waals surface area contributed by atoms with Crippen LogP contribution in [-0.4, -0.2) is 60.1 Å². The van der Waals surface area contributed by atoms with Gasteiger partial charge in [-0.1, -0.05) is 6.07 Å². The SMILES string of the molecule is Nc1c(F)cccc1C(=O)N1CCN(CCO)CC1. The van der Waals surface area contributed by atoms with Crippen LogP contribution in [0.2, 0.25) is 0 Å². The molecule has 0 spiro atoms. The summed E-state index contributed by atoms with van der Waals surface area (Å²) < 4.78 is 13.3. The molecule has 1 aliphatic rings. The summed E-state index contributed by atoms with van der Waals surface area (Å²) >= 11 is 0. The molecule has 6 heteroatoms. The number of piperazine rings is 1. The number of para-hydroxylation sites is 1. The normalized spacial score (nSPS) is 16.6. The molecule has 1 aromatic carbocycles. The minimum absolute atomic E-state index is 0.0923. The molecule has 0 radical (unpaired) electrons. The number of hydrogen-bond acceptors (Lipinski definition) is 4. The fourth-order valence-corrected chi connectivity index (χ4v) is 2.21. The number of aliphatic hydroxyl groups is 1.